The van der Waals surface area contributed by atoms with Crippen molar-refractivity contribution >= 4 is 46.8 Å². The van der Waals surface area contributed by atoms with E-state index >= 15 is 0 Å². The summed E-state index contributed by atoms with van der Waals surface area (Å²) < 4.78 is 97.2. The van der Waals surface area contributed by atoms with E-state index < -0.39 is 58.9 Å². The Morgan fingerprint density at radius 3 is 1.39 bits per heavy atom. The summed E-state index contributed by atoms with van der Waals surface area (Å²) in [5.41, 5.74) is 3.68. The van der Waals surface area contributed by atoms with Crippen LogP contribution in [0.25, 0.3) is 0 Å². The fourth-order valence-corrected chi connectivity index (χ4v) is 5.78. The lowest BCUT2D eigenvalue weighted by Crippen LogP contribution is -2.24. The van der Waals surface area contributed by atoms with Crippen molar-refractivity contribution in [3.8, 4) is 11.5 Å². The molecule has 0 radical (unpaired) electrons. The topological polar surface area (TPSA) is 210 Å². The van der Waals surface area contributed by atoms with Crippen LogP contribution < -0.4 is 30.7 Å². The van der Waals surface area contributed by atoms with E-state index in [-0.39, 0.29) is 28.3 Å². The average molecular weight is 921 g/mol. The number of halogens is 6. The number of alkyl halides is 6. The number of amides is 2. The number of hydrogen-bond acceptors (Lipinski definition) is 14. The molecule has 2 amide bonds. The molecule has 6 rings (SSSR count). The molecule has 0 saturated carbocycles. The molecule has 2 aromatic carbocycles. The second kappa shape index (κ2) is 21.4. The van der Waals surface area contributed by atoms with Crippen molar-refractivity contribution in [1.29, 1.82) is 0 Å². The zero-order chi connectivity index (χ0) is 48.2. The monoisotopic (exact) mass is 920 g/mol. The van der Waals surface area contributed by atoms with Gasteiger partial charge < -0.3 is 40.2 Å². The summed E-state index contributed by atoms with van der Waals surface area (Å²) in [6.45, 7) is 0.785. The van der Waals surface area contributed by atoms with E-state index in [4.69, 9.17) is 19.9 Å². The molecule has 0 atom stereocenters. The van der Waals surface area contributed by atoms with Gasteiger partial charge in [0.1, 0.15) is 45.9 Å². The van der Waals surface area contributed by atoms with Gasteiger partial charge in [-0.3, -0.25) is 9.59 Å². The molecule has 0 fully saturated rings. The minimum Gasteiger partial charge on any atom is -0.497 e. The SMILES string of the molecule is COC(=O)c1cc(N(Cc2ccc(OC)cc2)Cc2ccc(OC)cc2)ncc1NC(=O)c1cccc(C(F)(F)F)n1.COC(=O)c1cc(N)ncc1NC(=O)c1cccc(C(F)(F)F)n1. The number of hydrogen-bond donors (Lipinski definition) is 3. The number of aromatic nitrogens is 4. The molecular weight excluding hydrogens is 883 g/mol. The first-order chi connectivity index (χ1) is 31.3. The van der Waals surface area contributed by atoms with Gasteiger partial charge in [-0.25, -0.2) is 29.5 Å². The zero-order valence-electron chi connectivity index (χ0n) is 35.2. The number of anilines is 4. The number of ether oxygens (including phenoxy) is 4. The maximum atomic E-state index is 13.1. The third-order valence-corrected chi connectivity index (χ3v) is 9.05. The lowest BCUT2D eigenvalue weighted by atomic mass is 10.1. The largest absolute Gasteiger partial charge is 0.497 e. The molecule has 0 aliphatic rings. The number of carbonyl (C=O) groups excluding carboxylic acids is 4. The Labute approximate surface area is 371 Å². The van der Waals surface area contributed by atoms with Gasteiger partial charge >= 0.3 is 24.3 Å². The lowest BCUT2D eigenvalue weighted by Gasteiger charge is -2.25. The number of esters is 2. The van der Waals surface area contributed by atoms with Gasteiger partial charge in [0.05, 0.1) is 63.3 Å². The van der Waals surface area contributed by atoms with Crippen LogP contribution in [0.1, 0.15) is 64.2 Å². The summed E-state index contributed by atoms with van der Waals surface area (Å²) in [6.07, 6.45) is -7.07. The minimum absolute atomic E-state index is 0.00518. The van der Waals surface area contributed by atoms with Gasteiger partial charge in [-0.1, -0.05) is 36.4 Å². The number of nitrogen functional groups attached to an aromatic ring is 1. The second-order valence-corrected chi connectivity index (χ2v) is 13.5. The van der Waals surface area contributed by atoms with Crippen LogP contribution in [-0.2, 0) is 34.9 Å². The highest BCUT2D eigenvalue weighted by Gasteiger charge is 2.34. The first-order valence-corrected chi connectivity index (χ1v) is 19.0. The van der Waals surface area contributed by atoms with Crippen LogP contribution in [0.5, 0.6) is 11.5 Å². The third kappa shape index (κ3) is 12.9. The number of methoxy groups -OCH3 is 4. The Morgan fingerprint density at radius 1 is 0.591 bits per heavy atom. The van der Waals surface area contributed by atoms with E-state index in [0.29, 0.717) is 30.4 Å². The number of rotatable bonds is 13. The quantitative estimate of drug-likeness (QED) is 0.0744. The normalized spacial score (nSPS) is 11.0. The Hall–Kier alpha value is -8.30. The fraction of sp³-hybridized carbons (Fsp3) is 0.182. The number of nitrogens with zero attached hydrogens (tertiary/aromatic N) is 5. The van der Waals surface area contributed by atoms with Gasteiger partial charge in [-0.05, 0) is 71.8 Å². The van der Waals surface area contributed by atoms with Crippen molar-refractivity contribution in [3.05, 3.63) is 154 Å². The van der Waals surface area contributed by atoms with E-state index in [1.807, 2.05) is 53.4 Å². The van der Waals surface area contributed by atoms with E-state index in [1.165, 1.54) is 25.4 Å². The third-order valence-electron chi connectivity index (χ3n) is 9.05. The van der Waals surface area contributed by atoms with Gasteiger partial charge in [0.25, 0.3) is 11.8 Å². The standard InChI is InChI=1S/C30H27F3N4O5.C14H11F3N4O3/c1-40-21-11-7-19(8-12-21)17-37(18-20-9-13-22(41-2)14-10-20)27-15-23(29(39)42-3)25(16-34-27)36-28(38)24-5-4-6-26(35-24)30(31,32)33;1-24-13(23)7-5-11(18)19-6-9(7)21-12(22)8-3-2-4-10(20-8)14(15,16)17/h4-16H,17-18H2,1-3H3,(H,36,38);2-6H,1H3,(H2,18,19)(H,21,22). The molecule has 0 unspecified atom stereocenters. The maximum absolute atomic E-state index is 13.1. The number of nitrogens with one attached hydrogen (secondary N) is 2. The molecule has 6 aromatic rings. The molecule has 0 spiro atoms. The summed E-state index contributed by atoms with van der Waals surface area (Å²) in [4.78, 5) is 66.1. The maximum Gasteiger partial charge on any atom is 0.433 e. The van der Waals surface area contributed by atoms with Crippen LogP contribution in [0, 0.1) is 0 Å². The van der Waals surface area contributed by atoms with Crippen LogP contribution in [0.3, 0.4) is 0 Å². The Balaban J connectivity index is 0.000000288. The summed E-state index contributed by atoms with van der Waals surface area (Å²) >= 11 is 0. The summed E-state index contributed by atoms with van der Waals surface area (Å²) in [5.74, 6) is -1.69. The van der Waals surface area contributed by atoms with Crippen LogP contribution >= 0.6 is 0 Å². The number of benzene rings is 2. The van der Waals surface area contributed by atoms with E-state index in [0.717, 1.165) is 60.8 Å². The highest BCUT2D eigenvalue weighted by molar-refractivity contribution is 6.08. The van der Waals surface area contributed by atoms with Crippen molar-refractivity contribution in [1.82, 2.24) is 19.9 Å². The minimum atomic E-state index is -4.73. The molecule has 4 N–H and O–H groups in total. The highest BCUT2D eigenvalue weighted by Crippen LogP contribution is 2.30. The number of carbonyl (C=O) groups is 4. The highest BCUT2D eigenvalue weighted by atomic mass is 19.4. The Bertz CT molecular complexity index is 2640. The Kier molecular flexibility index (Phi) is 15.8. The van der Waals surface area contributed by atoms with Gasteiger partial charge in [-0.2, -0.15) is 26.3 Å². The van der Waals surface area contributed by atoms with E-state index in [2.05, 4.69) is 35.3 Å². The van der Waals surface area contributed by atoms with Crippen LogP contribution in [0.15, 0.2) is 109 Å². The smallest absolute Gasteiger partial charge is 0.433 e. The average Bonchev–Trinajstić information content (AvgIpc) is 3.31. The van der Waals surface area contributed by atoms with Gasteiger partial charge in [-0.15, -0.1) is 0 Å². The summed E-state index contributed by atoms with van der Waals surface area (Å²) in [5, 5.41) is 4.69. The van der Waals surface area contributed by atoms with Gasteiger partial charge in [0.2, 0.25) is 0 Å². The molecule has 0 bridgehead atoms. The first-order valence-electron chi connectivity index (χ1n) is 19.0. The summed E-state index contributed by atoms with van der Waals surface area (Å²) in [7, 11) is 5.45. The molecule has 344 valence electrons. The van der Waals surface area contributed by atoms with Gasteiger partial charge in [0, 0.05) is 13.1 Å². The molecule has 22 heteroatoms. The van der Waals surface area contributed by atoms with Crippen LogP contribution in [0.4, 0.5) is 49.4 Å². The number of pyridine rings is 4. The van der Waals surface area contributed by atoms with Crippen molar-refractivity contribution in [2.45, 2.75) is 25.4 Å². The van der Waals surface area contributed by atoms with Crippen LogP contribution in [0.2, 0.25) is 0 Å². The van der Waals surface area contributed by atoms with Crippen molar-refractivity contribution in [2.24, 2.45) is 0 Å². The van der Waals surface area contributed by atoms with Crippen molar-refractivity contribution in [3.63, 3.8) is 0 Å². The molecule has 0 saturated heterocycles. The van der Waals surface area contributed by atoms with E-state index in [1.54, 1.807) is 14.2 Å². The molecule has 16 nitrogen and oxygen atoms in total. The van der Waals surface area contributed by atoms with Crippen LogP contribution in [-0.4, -0.2) is 72.1 Å². The van der Waals surface area contributed by atoms with E-state index in [9.17, 15) is 45.5 Å². The van der Waals surface area contributed by atoms with Crippen molar-refractivity contribution in [2.75, 3.05) is 49.7 Å². The zero-order valence-corrected chi connectivity index (χ0v) is 35.2. The molecular formula is C44H38F6N8O8. The predicted molar refractivity (Wildman–Crippen MR) is 226 cm³/mol. The molecule has 66 heavy (non-hydrogen) atoms. The predicted octanol–water partition coefficient (Wildman–Crippen LogP) is 7.87. The fourth-order valence-electron chi connectivity index (χ4n) is 5.78. The first kappa shape index (κ1) is 48.7. The van der Waals surface area contributed by atoms with Gasteiger partial charge in [0.15, 0.2) is 0 Å². The molecule has 4 aromatic heterocycles. The molecule has 0 aliphatic heterocycles. The second-order valence-electron chi connectivity index (χ2n) is 13.5. The summed E-state index contributed by atoms with van der Waals surface area (Å²) in [6, 6.07) is 23.4. The molecule has 0 aliphatic carbocycles. The Morgan fingerprint density at radius 2 is 1.00 bits per heavy atom. The molecule has 4 heterocycles. The lowest BCUT2D eigenvalue weighted by molar-refractivity contribution is -0.142. The number of nitrogens with two attached hydrogens (primary N) is 1. The van der Waals surface area contributed by atoms with Crippen molar-refractivity contribution < 1.29 is 64.5 Å².